The first-order chi connectivity index (χ1) is 11.3. The van der Waals surface area contributed by atoms with E-state index in [9.17, 15) is 18.0 Å². The molecule has 0 saturated carbocycles. The predicted octanol–water partition coefficient (Wildman–Crippen LogP) is 2.61. The molecular formula is C17H21F3N2O2. The molecule has 0 bridgehead atoms. The van der Waals surface area contributed by atoms with Crippen molar-refractivity contribution in [1.82, 2.24) is 9.80 Å². The first kappa shape index (κ1) is 17.2. The normalized spacial score (nSPS) is 29.2. The van der Waals surface area contributed by atoms with Gasteiger partial charge in [0.15, 0.2) is 0 Å². The molecule has 2 heterocycles. The summed E-state index contributed by atoms with van der Waals surface area (Å²) in [6.45, 7) is 1.91. The number of carbonyl (C=O) groups excluding carboxylic acids is 1. The maximum absolute atomic E-state index is 12.6. The van der Waals surface area contributed by atoms with E-state index >= 15 is 0 Å². The van der Waals surface area contributed by atoms with Crippen LogP contribution >= 0.6 is 0 Å². The molecular weight excluding hydrogens is 321 g/mol. The van der Waals surface area contributed by atoms with E-state index in [0.717, 1.165) is 10.5 Å². The number of rotatable bonds is 3. The summed E-state index contributed by atoms with van der Waals surface area (Å²) in [4.78, 5) is 15.3. The highest BCUT2D eigenvalue weighted by atomic mass is 19.4. The molecule has 3 rings (SSSR count). The van der Waals surface area contributed by atoms with Crippen molar-refractivity contribution in [2.24, 2.45) is 0 Å². The molecule has 1 amide bonds. The second-order valence-corrected chi connectivity index (χ2v) is 6.46. The minimum absolute atomic E-state index is 0.00440. The number of hydrogen-bond acceptors (Lipinski definition) is 3. The Morgan fingerprint density at radius 1 is 1.25 bits per heavy atom. The molecule has 2 fully saturated rings. The van der Waals surface area contributed by atoms with Gasteiger partial charge in [-0.15, -0.1) is 0 Å². The maximum Gasteiger partial charge on any atom is 0.406 e. The van der Waals surface area contributed by atoms with Crippen molar-refractivity contribution in [2.45, 2.75) is 37.7 Å². The van der Waals surface area contributed by atoms with E-state index in [4.69, 9.17) is 4.74 Å². The summed E-state index contributed by atoms with van der Waals surface area (Å²) < 4.78 is 43.6. The average Bonchev–Trinajstić information content (AvgIpc) is 2.88. The summed E-state index contributed by atoms with van der Waals surface area (Å²) in [5.41, 5.74) is 1.02. The van der Waals surface area contributed by atoms with E-state index in [-0.39, 0.29) is 18.7 Å². The van der Waals surface area contributed by atoms with E-state index in [2.05, 4.69) is 0 Å². The van der Waals surface area contributed by atoms with Gasteiger partial charge in [-0.3, -0.25) is 9.69 Å². The number of likely N-dealkylation sites (tertiary alicyclic amines) is 1. The van der Waals surface area contributed by atoms with E-state index in [1.807, 2.05) is 42.2 Å². The molecule has 0 aromatic heterocycles. The van der Waals surface area contributed by atoms with Gasteiger partial charge >= 0.3 is 6.18 Å². The molecule has 2 aliphatic rings. The smallest absolute Gasteiger partial charge is 0.371 e. The molecule has 2 aliphatic heterocycles. The first-order valence-electron chi connectivity index (χ1n) is 8.13. The number of carbonyl (C=O) groups is 1. The van der Waals surface area contributed by atoms with Crippen molar-refractivity contribution < 1.29 is 22.7 Å². The number of nitrogens with zero attached hydrogens (tertiary/aromatic N) is 2. The Morgan fingerprint density at radius 2 is 1.96 bits per heavy atom. The van der Waals surface area contributed by atoms with Crippen LogP contribution in [0.4, 0.5) is 13.2 Å². The number of alkyl halides is 3. The van der Waals surface area contributed by atoms with Crippen LogP contribution in [-0.2, 0) is 9.53 Å². The third-order valence-electron chi connectivity index (χ3n) is 4.69. The van der Waals surface area contributed by atoms with Crippen LogP contribution in [0.15, 0.2) is 30.3 Å². The highest BCUT2D eigenvalue weighted by Crippen LogP contribution is 2.30. The molecule has 3 atom stereocenters. The third kappa shape index (κ3) is 3.72. The molecule has 1 aromatic rings. The van der Waals surface area contributed by atoms with Crippen molar-refractivity contribution >= 4 is 5.91 Å². The molecule has 0 aliphatic carbocycles. The third-order valence-corrected chi connectivity index (χ3v) is 4.69. The fourth-order valence-electron chi connectivity index (χ4n) is 3.48. The molecule has 4 nitrogen and oxygen atoms in total. The van der Waals surface area contributed by atoms with Gasteiger partial charge in [0.25, 0.3) is 0 Å². The van der Waals surface area contributed by atoms with Crippen LogP contribution in [0, 0.1) is 0 Å². The minimum Gasteiger partial charge on any atom is -0.371 e. The van der Waals surface area contributed by atoms with Crippen LogP contribution in [0.25, 0.3) is 0 Å². The highest BCUT2D eigenvalue weighted by Gasteiger charge is 2.44. The van der Waals surface area contributed by atoms with Gasteiger partial charge in [0.2, 0.25) is 5.91 Å². The summed E-state index contributed by atoms with van der Waals surface area (Å²) in [6, 6.07) is 9.21. The lowest BCUT2D eigenvalue weighted by Gasteiger charge is -2.41. The Bertz CT molecular complexity index is 579. The van der Waals surface area contributed by atoms with Gasteiger partial charge in [-0.25, -0.2) is 0 Å². The predicted molar refractivity (Wildman–Crippen MR) is 82.3 cm³/mol. The molecule has 24 heavy (non-hydrogen) atoms. The number of halogens is 3. The first-order valence-corrected chi connectivity index (χ1v) is 8.13. The molecule has 0 N–H and O–H groups in total. The number of morpholine rings is 1. The number of ether oxygens (including phenoxy) is 1. The zero-order valence-corrected chi connectivity index (χ0v) is 13.5. The fraction of sp³-hybridized carbons (Fsp3) is 0.588. The number of hydrogen-bond donors (Lipinski definition) is 0. The zero-order chi connectivity index (χ0) is 17.3. The second kappa shape index (κ2) is 6.72. The quantitative estimate of drug-likeness (QED) is 0.847. The average molecular weight is 342 g/mol. The lowest BCUT2D eigenvalue weighted by atomic mass is 10.0. The lowest BCUT2D eigenvalue weighted by molar-refractivity contribution is -0.161. The van der Waals surface area contributed by atoms with E-state index in [1.54, 1.807) is 0 Å². The Hall–Kier alpha value is -1.60. The fourth-order valence-corrected chi connectivity index (χ4v) is 3.48. The Balaban J connectivity index is 1.70. The number of amides is 1. The molecule has 0 unspecified atom stereocenters. The van der Waals surface area contributed by atoms with Crippen LogP contribution in [-0.4, -0.2) is 60.2 Å². The van der Waals surface area contributed by atoms with Crippen LogP contribution in [0.3, 0.4) is 0 Å². The SMILES string of the molecule is C[C@@H]1CO[C@H](c2ccccc2)CN1[C@H]1CCN(CC(F)(F)F)C1=O. The zero-order valence-electron chi connectivity index (χ0n) is 13.5. The Kier molecular flexibility index (Phi) is 4.83. The lowest BCUT2D eigenvalue weighted by Crippen LogP contribution is -2.53. The Labute approximate surface area is 139 Å². The topological polar surface area (TPSA) is 32.8 Å². The summed E-state index contributed by atoms with van der Waals surface area (Å²) in [6.07, 6.45) is -4.08. The van der Waals surface area contributed by atoms with Gasteiger partial charge in [-0.05, 0) is 18.9 Å². The number of benzene rings is 1. The maximum atomic E-state index is 12.6. The Morgan fingerprint density at radius 3 is 2.62 bits per heavy atom. The van der Waals surface area contributed by atoms with Gasteiger partial charge < -0.3 is 9.64 Å². The molecule has 0 spiro atoms. The van der Waals surface area contributed by atoms with E-state index in [0.29, 0.717) is 19.6 Å². The van der Waals surface area contributed by atoms with Gasteiger partial charge in [-0.1, -0.05) is 30.3 Å². The monoisotopic (exact) mass is 342 g/mol. The van der Waals surface area contributed by atoms with Crippen molar-refractivity contribution in [3.63, 3.8) is 0 Å². The van der Waals surface area contributed by atoms with Crippen LogP contribution in [0.5, 0.6) is 0 Å². The summed E-state index contributed by atoms with van der Waals surface area (Å²) in [7, 11) is 0. The van der Waals surface area contributed by atoms with E-state index < -0.39 is 24.7 Å². The summed E-state index contributed by atoms with van der Waals surface area (Å²) in [5.74, 6) is -0.423. The van der Waals surface area contributed by atoms with Gasteiger partial charge in [0.1, 0.15) is 6.54 Å². The summed E-state index contributed by atoms with van der Waals surface area (Å²) in [5, 5.41) is 0. The van der Waals surface area contributed by atoms with Crippen LogP contribution in [0.1, 0.15) is 25.0 Å². The second-order valence-electron chi connectivity index (χ2n) is 6.46. The van der Waals surface area contributed by atoms with Gasteiger partial charge in [-0.2, -0.15) is 13.2 Å². The van der Waals surface area contributed by atoms with Gasteiger partial charge in [0, 0.05) is 19.1 Å². The molecule has 0 radical (unpaired) electrons. The molecule has 1 aromatic carbocycles. The molecule has 132 valence electrons. The van der Waals surface area contributed by atoms with Crippen LogP contribution in [0.2, 0.25) is 0 Å². The van der Waals surface area contributed by atoms with Crippen molar-refractivity contribution in [3.8, 4) is 0 Å². The standard InChI is InChI=1S/C17H21F3N2O2/c1-12-10-24-15(13-5-3-2-4-6-13)9-22(12)14-7-8-21(16(14)23)11-17(18,19)20/h2-6,12,14-15H,7-11H2,1H3/t12-,14+,15+/m1/s1. The van der Waals surface area contributed by atoms with Crippen LogP contribution < -0.4 is 0 Å². The van der Waals surface area contributed by atoms with E-state index in [1.165, 1.54) is 0 Å². The minimum atomic E-state index is -4.35. The highest BCUT2D eigenvalue weighted by molar-refractivity contribution is 5.84. The summed E-state index contributed by atoms with van der Waals surface area (Å²) >= 11 is 0. The molecule has 7 heteroatoms. The van der Waals surface area contributed by atoms with Crippen molar-refractivity contribution in [2.75, 3.05) is 26.2 Å². The largest absolute Gasteiger partial charge is 0.406 e. The molecule has 2 saturated heterocycles. The van der Waals surface area contributed by atoms with Crippen molar-refractivity contribution in [1.29, 1.82) is 0 Å². The van der Waals surface area contributed by atoms with Gasteiger partial charge in [0.05, 0.1) is 18.8 Å². The van der Waals surface area contributed by atoms with Crippen molar-refractivity contribution in [3.05, 3.63) is 35.9 Å².